The first-order valence-electron chi connectivity index (χ1n) is 4.55. The number of H-pyrrole nitrogens is 1. The molecule has 0 aromatic carbocycles. The number of rotatable bonds is 1. The van der Waals surface area contributed by atoms with Crippen molar-refractivity contribution in [2.75, 3.05) is 0 Å². The number of hydrogen-bond acceptors (Lipinski definition) is 2. The van der Waals surface area contributed by atoms with Crippen LogP contribution in [0.25, 0.3) is 10.6 Å². The van der Waals surface area contributed by atoms with Gasteiger partial charge in [0.2, 0.25) is 0 Å². The van der Waals surface area contributed by atoms with Crippen LogP contribution in [0, 0.1) is 0 Å². The van der Waals surface area contributed by atoms with Gasteiger partial charge in [0.25, 0.3) is 0 Å². The van der Waals surface area contributed by atoms with Gasteiger partial charge < -0.3 is 0 Å². The third-order valence-electron chi connectivity index (χ3n) is 2.56. The van der Waals surface area contributed by atoms with E-state index in [4.69, 9.17) is 0 Å². The number of aromatic amines is 1. The summed E-state index contributed by atoms with van der Waals surface area (Å²) in [6.45, 7) is 0. The molecular formula is C10H10N2S. The summed E-state index contributed by atoms with van der Waals surface area (Å²) in [7, 11) is 0. The lowest BCUT2D eigenvalue weighted by atomic mass is 10.2. The Kier molecular flexibility index (Phi) is 1.52. The van der Waals surface area contributed by atoms with Crippen molar-refractivity contribution in [1.82, 2.24) is 10.2 Å². The van der Waals surface area contributed by atoms with Crippen LogP contribution in [0.1, 0.15) is 17.7 Å². The second-order valence-electron chi connectivity index (χ2n) is 3.36. The molecule has 0 unspecified atom stereocenters. The monoisotopic (exact) mass is 190 g/mol. The third-order valence-corrected chi connectivity index (χ3v) is 3.44. The summed E-state index contributed by atoms with van der Waals surface area (Å²) in [5, 5.41) is 9.60. The maximum Gasteiger partial charge on any atom is 0.105 e. The van der Waals surface area contributed by atoms with Gasteiger partial charge in [-0.05, 0) is 30.7 Å². The zero-order valence-electron chi connectivity index (χ0n) is 7.21. The first-order valence-corrected chi connectivity index (χ1v) is 5.43. The maximum atomic E-state index is 4.37. The molecule has 0 aliphatic heterocycles. The summed E-state index contributed by atoms with van der Waals surface area (Å²) in [5.41, 5.74) is 3.98. The SMILES string of the molecule is c1csc(-c2n[nH]c3c2CCC3)c1. The molecule has 1 N–H and O–H groups in total. The Labute approximate surface area is 80.6 Å². The molecule has 13 heavy (non-hydrogen) atoms. The van der Waals surface area contributed by atoms with Gasteiger partial charge in [-0.25, -0.2) is 0 Å². The van der Waals surface area contributed by atoms with Crippen molar-refractivity contribution >= 4 is 11.3 Å². The summed E-state index contributed by atoms with van der Waals surface area (Å²) < 4.78 is 0. The van der Waals surface area contributed by atoms with Gasteiger partial charge >= 0.3 is 0 Å². The first-order chi connectivity index (χ1) is 6.45. The summed E-state index contributed by atoms with van der Waals surface area (Å²) in [6.07, 6.45) is 3.65. The quantitative estimate of drug-likeness (QED) is 0.735. The Morgan fingerprint density at radius 2 is 2.38 bits per heavy atom. The Morgan fingerprint density at radius 3 is 3.23 bits per heavy atom. The van der Waals surface area contributed by atoms with E-state index in [9.17, 15) is 0 Å². The van der Waals surface area contributed by atoms with E-state index in [1.54, 1.807) is 11.3 Å². The van der Waals surface area contributed by atoms with Crippen molar-refractivity contribution in [2.24, 2.45) is 0 Å². The molecule has 2 nitrogen and oxygen atoms in total. The van der Waals surface area contributed by atoms with E-state index in [1.807, 2.05) is 0 Å². The number of fused-ring (bicyclic) bond motifs is 1. The topological polar surface area (TPSA) is 28.7 Å². The van der Waals surface area contributed by atoms with E-state index in [0.717, 1.165) is 0 Å². The van der Waals surface area contributed by atoms with Crippen LogP contribution in [0.2, 0.25) is 0 Å². The molecule has 3 rings (SSSR count). The molecular weight excluding hydrogens is 180 g/mol. The van der Waals surface area contributed by atoms with E-state index >= 15 is 0 Å². The smallest absolute Gasteiger partial charge is 0.105 e. The summed E-state index contributed by atoms with van der Waals surface area (Å²) in [5.74, 6) is 0. The zero-order chi connectivity index (χ0) is 8.67. The second kappa shape index (κ2) is 2.70. The number of nitrogens with zero attached hydrogens (tertiary/aromatic N) is 1. The number of thiophene rings is 1. The molecule has 0 fully saturated rings. The fourth-order valence-electron chi connectivity index (χ4n) is 1.94. The number of aromatic nitrogens is 2. The Hall–Kier alpha value is -1.09. The highest BCUT2D eigenvalue weighted by atomic mass is 32.1. The highest BCUT2D eigenvalue weighted by Gasteiger charge is 2.19. The predicted octanol–water partition coefficient (Wildman–Crippen LogP) is 2.63. The van der Waals surface area contributed by atoms with Crippen molar-refractivity contribution in [2.45, 2.75) is 19.3 Å². The van der Waals surface area contributed by atoms with Crippen LogP contribution in [0.5, 0.6) is 0 Å². The van der Waals surface area contributed by atoms with Gasteiger partial charge in [-0.15, -0.1) is 11.3 Å². The molecule has 0 saturated heterocycles. The molecule has 0 atom stereocenters. The molecule has 1 aliphatic rings. The fraction of sp³-hybridized carbons (Fsp3) is 0.300. The van der Waals surface area contributed by atoms with Crippen LogP contribution in [0.3, 0.4) is 0 Å². The van der Waals surface area contributed by atoms with Crippen LogP contribution in [0.15, 0.2) is 17.5 Å². The molecule has 0 amide bonds. The van der Waals surface area contributed by atoms with E-state index in [2.05, 4.69) is 27.7 Å². The van der Waals surface area contributed by atoms with Crippen LogP contribution in [-0.4, -0.2) is 10.2 Å². The van der Waals surface area contributed by atoms with Crippen molar-refractivity contribution < 1.29 is 0 Å². The van der Waals surface area contributed by atoms with Crippen LogP contribution >= 0.6 is 11.3 Å². The number of nitrogens with one attached hydrogen (secondary N) is 1. The predicted molar refractivity (Wildman–Crippen MR) is 53.9 cm³/mol. The molecule has 0 saturated carbocycles. The maximum absolute atomic E-state index is 4.37. The van der Waals surface area contributed by atoms with Crippen LogP contribution < -0.4 is 0 Å². The van der Waals surface area contributed by atoms with E-state index in [-0.39, 0.29) is 0 Å². The molecule has 2 aromatic heterocycles. The van der Waals surface area contributed by atoms with Gasteiger partial charge in [-0.3, -0.25) is 5.10 Å². The van der Waals surface area contributed by atoms with Crippen LogP contribution in [0.4, 0.5) is 0 Å². The van der Waals surface area contributed by atoms with Crippen LogP contribution in [-0.2, 0) is 12.8 Å². The second-order valence-corrected chi connectivity index (χ2v) is 4.31. The lowest BCUT2D eigenvalue weighted by Gasteiger charge is -1.93. The van der Waals surface area contributed by atoms with E-state index < -0.39 is 0 Å². The van der Waals surface area contributed by atoms with Crippen molar-refractivity contribution in [3.05, 3.63) is 28.8 Å². The fourth-order valence-corrected chi connectivity index (χ4v) is 2.68. The summed E-state index contributed by atoms with van der Waals surface area (Å²) in [6, 6.07) is 4.22. The molecule has 3 heteroatoms. The molecule has 1 aliphatic carbocycles. The first kappa shape index (κ1) is 7.33. The molecule has 2 aromatic rings. The normalized spacial score (nSPS) is 14.8. The van der Waals surface area contributed by atoms with Gasteiger partial charge in [-0.2, -0.15) is 5.10 Å². The van der Waals surface area contributed by atoms with E-state index in [1.165, 1.54) is 41.1 Å². The van der Waals surface area contributed by atoms with Crippen molar-refractivity contribution in [1.29, 1.82) is 0 Å². The molecule has 66 valence electrons. The zero-order valence-corrected chi connectivity index (χ0v) is 8.03. The lowest BCUT2D eigenvalue weighted by molar-refractivity contribution is 0.867. The molecule has 0 bridgehead atoms. The minimum atomic E-state index is 1.17. The average Bonchev–Trinajstić information content (AvgIpc) is 2.79. The van der Waals surface area contributed by atoms with Gasteiger partial charge in [-0.1, -0.05) is 6.07 Å². The largest absolute Gasteiger partial charge is 0.282 e. The molecule has 0 radical (unpaired) electrons. The number of aryl methyl sites for hydroxylation is 1. The highest BCUT2D eigenvalue weighted by Crippen LogP contribution is 2.32. The van der Waals surface area contributed by atoms with Gasteiger partial charge in [0.15, 0.2) is 0 Å². The lowest BCUT2D eigenvalue weighted by Crippen LogP contribution is -1.80. The Balaban J connectivity index is 2.16. The Bertz CT molecular complexity index is 414. The van der Waals surface area contributed by atoms with Gasteiger partial charge in [0, 0.05) is 11.3 Å². The standard InChI is InChI=1S/C10H10N2S/c1-3-7-8(4-1)11-12-10(7)9-5-2-6-13-9/h2,5-6H,1,3-4H2,(H,11,12). The molecule has 2 heterocycles. The highest BCUT2D eigenvalue weighted by molar-refractivity contribution is 7.13. The van der Waals surface area contributed by atoms with Crippen molar-refractivity contribution in [3.63, 3.8) is 0 Å². The van der Waals surface area contributed by atoms with Gasteiger partial charge in [0.1, 0.15) is 5.69 Å². The van der Waals surface area contributed by atoms with E-state index in [0.29, 0.717) is 0 Å². The minimum Gasteiger partial charge on any atom is -0.282 e. The van der Waals surface area contributed by atoms with Crippen molar-refractivity contribution in [3.8, 4) is 10.6 Å². The minimum absolute atomic E-state index is 1.17. The molecule has 0 spiro atoms. The Morgan fingerprint density at radius 1 is 1.38 bits per heavy atom. The third kappa shape index (κ3) is 1.04. The summed E-state index contributed by atoms with van der Waals surface area (Å²) >= 11 is 1.76. The van der Waals surface area contributed by atoms with Gasteiger partial charge in [0.05, 0.1) is 4.88 Å². The average molecular weight is 190 g/mol. The number of hydrogen-bond donors (Lipinski definition) is 1. The summed E-state index contributed by atoms with van der Waals surface area (Å²) in [4.78, 5) is 1.29.